The van der Waals surface area contributed by atoms with Gasteiger partial charge in [0.1, 0.15) is 0 Å². The fraction of sp³-hybridized carbons (Fsp3) is 0.875. The summed E-state index contributed by atoms with van der Waals surface area (Å²) in [5.41, 5.74) is 0. The lowest BCUT2D eigenvalue weighted by Gasteiger charge is -2.27. The first kappa shape index (κ1) is 9.86. The zero-order chi connectivity index (χ0) is 8.97. The van der Waals surface area contributed by atoms with E-state index in [-0.39, 0.29) is 10.9 Å². The Hall–Kier alpha value is -0.220. The molecule has 1 amide bonds. The molecule has 0 aromatic carbocycles. The largest absolute Gasteiger partial charge is 0.378 e. The summed E-state index contributed by atoms with van der Waals surface area (Å²) in [6.45, 7) is 2.97. The summed E-state index contributed by atoms with van der Waals surface area (Å²) in [6.07, 6.45) is 4.27. The van der Waals surface area contributed by atoms with Crippen LogP contribution in [-0.4, -0.2) is 55.4 Å². The summed E-state index contributed by atoms with van der Waals surface area (Å²) in [5.74, 6) is 1.03. The Morgan fingerprint density at radius 1 is 1.42 bits per heavy atom. The maximum atomic E-state index is 11.5. The van der Waals surface area contributed by atoms with E-state index in [1.54, 1.807) is 0 Å². The van der Waals surface area contributed by atoms with E-state index in [2.05, 4.69) is 12.5 Å². The molecular weight excluding hydrogens is 174 g/mol. The number of ether oxygens (including phenoxy) is 1. The fourth-order valence-corrected chi connectivity index (χ4v) is 1.92. The van der Waals surface area contributed by atoms with Crippen LogP contribution in [0.3, 0.4) is 0 Å². The normalized spacial score (nSPS) is 19.2. The zero-order valence-electron chi connectivity index (χ0n) is 7.75. The van der Waals surface area contributed by atoms with E-state index in [1.165, 1.54) is 0 Å². The Labute approximate surface area is 76.4 Å². The van der Waals surface area contributed by atoms with Crippen molar-refractivity contribution in [3.8, 4) is 0 Å². The summed E-state index contributed by atoms with van der Waals surface area (Å²) in [7, 11) is -0.0967. The molecule has 0 N–H and O–H groups in total. The van der Waals surface area contributed by atoms with Crippen LogP contribution in [-0.2, 0) is 9.53 Å². The molecular formula is C8H17NO2S. The number of rotatable bonds is 2. The van der Waals surface area contributed by atoms with Crippen molar-refractivity contribution >= 4 is 16.8 Å². The van der Waals surface area contributed by atoms with E-state index < -0.39 is 0 Å². The van der Waals surface area contributed by atoms with Crippen LogP contribution < -0.4 is 0 Å². The van der Waals surface area contributed by atoms with Crippen LogP contribution in [0.15, 0.2) is 0 Å². The molecule has 0 bridgehead atoms. The van der Waals surface area contributed by atoms with Gasteiger partial charge >= 0.3 is 0 Å². The molecule has 3 nitrogen and oxygen atoms in total. The van der Waals surface area contributed by atoms with E-state index in [0.717, 1.165) is 18.8 Å². The summed E-state index contributed by atoms with van der Waals surface area (Å²) < 4.78 is 5.17. The zero-order valence-corrected chi connectivity index (χ0v) is 8.64. The monoisotopic (exact) mass is 191 g/mol. The third-order valence-electron chi connectivity index (χ3n) is 1.82. The fourth-order valence-electron chi connectivity index (χ4n) is 1.18. The summed E-state index contributed by atoms with van der Waals surface area (Å²) in [4.78, 5) is 13.4. The second-order valence-corrected chi connectivity index (χ2v) is 5.71. The number of carbonyl (C=O) groups excluding carboxylic acids is 1. The van der Waals surface area contributed by atoms with Gasteiger partial charge in [0.15, 0.2) is 0 Å². The Bertz CT molecular complexity index is 155. The van der Waals surface area contributed by atoms with Crippen molar-refractivity contribution in [2.24, 2.45) is 0 Å². The molecule has 1 saturated heterocycles. The molecule has 1 aliphatic rings. The number of carbonyl (C=O) groups is 1. The molecule has 0 spiro atoms. The molecule has 0 saturated carbocycles. The highest BCUT2D eigenvalue weighted by atomic mass is 32.2. The average molecular weight is 191 g/mol. The Morgan fingerprint density at radius 2 is 2.00 bits per heavy atom. The van der Waals surface area contributed by atoms with Crippen LogP contribution in [0.25, 0.3) is 0 Å². The molecule has 0 aromatic rings. The molecule has 72 valence electrons. The number of morpholine rings is 1. The predicted molar refractivity (Wildman–Crippen MR) is 53.1 cm³/mol. The Kier molecular flexibility index (Phi) is 3.88. The van der Waals surface area contributed by atoms with Crippen LogP contribution in [0, 0.1) is 0 Å². The molecule has 0 aromatic heterocycles. The second kappa shape index (κ2) is 4.72. The molecule has 0 radical (unpaired) electrons. The van der Waals surface area contributed by atoms with Crippen LogP contribution >= 0.6 is 10.9 Å². The van der Waals surface area contributed by atoms with E-state index in [9.17, 15) is 4.79 Å². The molecule has 4 heteroatoms. The van der Waals surface area contributed by atoms with Crippen molar-refractivity contribution in [3.05, 3.63) is 0 Å². The third-order valence-corrected chi connectivity index (χ3v) is 2.72. The number of hydrogen-bond donors (Lipinski definition) is 1. The summed E-state index contributed by atoms with van der Waals surface area (Å²) in [6, 6.07) is 0. The van der Waals surface area contributed by atoms with Crippen molar-refractivity contribution in [2.75, 3.05) is 44.6 Å². The lowest BCUT2D eigenvalue weighted by atomic mass is 10.4. The number of nitrogens with zero attached hydrogens (tertiary/aromatic N) is 1. The first-order chi connectivity index (χ1) is 5.70. The first-order valence-electron chi connectivity index (χ1n) is 4.20. The maximum Gasteiger partial charge on any atom is 0.230 e. The molecule has 1 fully saturated rings. The van der Waals surface area contributed by atoms with E-state index in [0.29, 0.717) is 19.1 Å². The molecule has 0 unspecified atom stereocenters. The summed E-state index contributed by atoms with van der Waals surface area (Å²) >= 11 is 0. The van der Waals surface area contributed by atoms with Crippen LogP contribution in [0.1, 0.15) is 0 Å². The quantitative estimate of drug-likeness (QED) is 0.628. The van der Waals surface area contributed by atoms with Gasteiger partial charge in [-0.2, -0.15) is 0 Å². The first-order valence-corrected chi connectivity index (χ1v) is 6.62. The van der Waals surface area contributed by atoms with Gasteiger partial charge in [-0.25, -0.2) is 0 Å². The Balaban J connectivity index is 2.30. The van der Waals surface area contributed by atoms with Gasteiger partial charge in [-0.3, -0.25) is 15.7 Å². The highest BCUT2D eigenvalue weighted by Gasteiger charge is 2.16. The SMILES string of the molecule is C[SH](C)CC(=O)N1CCOCC1. The third kappa shape index (κ3) is 3.03. The van der Waals surface area contributed by atoms with Crippen molar-refractivity contribution in [2.45, 2.75) is 0 Å². The van der Waals surface area contributed by atoms with Gasteiger partial charge in [-0.15, -0.1) is 0 Å². The minimum atomic E-state index is -0.0967. The average Bonchev–Trinajstić information content (AvgIpc) is 2.05. The smallest absolute Gasteiger partial charge is 0.230 e. The van der Waals surface area contributed by atoms with Crippen LogP contribution in [0.4, 0.5) is 0 Å². The van der Waals surface area contributed by atoms with Crippen molar-refractivity contribution in [3.63, 3.8) is 0 Å². The predicted octanol–water partition coefficient (Wildman–Crippen LogP) is 0.106. The second-order valence-electron chi connectivity index (χ2n) is 3.23. The molecule has 12 heavy (non-hydrogen) atoms. The van der Waals surface area contributed by atoms with Gasteiger partial charge in [0.05, 0.1) is 19.0 Å². The van der Waals surface area contributed by atoms with Gasteiger partial charge in [-0.1, -0.05) is 0 Å². The lowest BCUT2D eigenvalue weighted by Crippen LogP contribution is -2.41. The van der Waals surface area contributed by atoms with Crippen LogP contribution in [0.5, 0.6) is 0 Å². The number of amides is 1. The van der Waals surface area contributed by atoms with Crippen molar-refractivity contribution in [1.82, 2.24) is 4.90 Å². The highest BCUT2D eigenvalue weighted by Crippen LogP contribution is 2.13. The number of hydrogen-bond acceptors (Lipinski definition) is 2. The minimum Gasteiger partial charge on any atom is -0.378 e. The molecule has 1 rings (SSSR count). The number of thiol groups is 1. The van der Waals surface area contributed by atoms with Gasteiger partial charge in [0, 0.05) is 13.1 Å². The van der Waals surface area contributed by atoms with E-state index in [4.69, 9.17) is 4.74 Å². The van der Waals surface area contributed by atoms with Gasteiger partial charge < -0.3 is 9.64 Å². The minimum absolute atomic E-state index is 0.0967. The van der Waals surface area contributed by atoms with E-state index >= 15 is 0 Å². The van der Waals surface area contributed by atoms with E-state index in [1.807, 2.05) is 4.90 Å². The van der Waals surface area contributed by atoms with Gasteiger partial charge in [0.2, 0.25) is 5.91 Å². The lowest BCUT2D eigenvalue weighted by molar-refractivity contribution is -0.132. The maximum absolute atomic E-state index is 11.5. The van der Waals surface area contributed by atoms with Crippen LogP contribution in [0.2, 0.25) is 0 Å². The molecule has 0 aliphatic carbocycles. The molecule has 1 heterocycles. The van der Waals surface area contributed by atoms with Gasteiger partial charge in [0.25, 0.3) is 0 Å². The molecule has 1 aliphatic heterocycles. The highest BCUT2D eigenvalue weighted by molar-refractivity contribution is 8.16. The van der Waals surface area contributed by atoms with Gasteiger partial charge in [-0.05, 0) is 12.5 Å². The van der Waals surface area contributed by atoms with Crippen molar-refractivity contribution in [1.29, 1.82) is 0 Å². The topological polar surface area (TPSA) is 29.5 Å². The standard InChI is InChI=1S/C8H17NO2S/c1-12(2)7-8(10)9-3-5-11-6-4-9/h12H,3-7H2,1-2H3. The molecule has 0 atom stereocenters. The Morgan fingerprint density at radius 3 is 2.50 bits per heavy atom. The van der Waals surface area contributed by atoms with Crippen molar-refractivity contribution < 1.29 is 9.53 Å². The summed E-state index contributed by atoms with van der Waals surface area (Å²) in [5, 5.41) is 0.